The molecule has 1 amide bonds. The molecule has 0 bridgehead atoms. The molecule has 2 rings (SSSR count). The quantitative estimate of drug-likeness (QED) is 0.518. The van der Waals surface area contributed by atoms with Gasteiger partial charge in [0.1, 0.15) is 16.2 Å². The Hall–Kier alpha value is -2.42. The second kappa shape index (κ2) is 5.92. The van der Waals surface area contributed by atoms with E-state index in [-0.39, 0.29) is 5.82 Å². The first kappa shape index (κ1) is 15.0. The lowest BCUT2D eigenvalue weighted by molar-refractivity contribution is -0.387. The summed E-state index contributed by atoms with van der Waals surface area (Å²) in [5.41, 5.74) is -1.69. The van der Waals surface area contributed by atoms with Crippen LogP contribution in [0.5, 0.6) is 0 Å². The van der Waals surface area contributed by atoms with Crippen molar-refractivity contribution in [3.05, 3.63) is 62.2 Å². The van der Waals surface area contributed by atoms with Gasteiger partial charge in [-0.05, 0) is 34.1 Å². The maximum absolute atomic E-state index is 13.7. The molecular weight excluding hydrogens is 352 g/mol. The van der Waals surface area contributed by atoms with Gasteiger partial charge in [-0.3, -0.25) is 14.9 Å². The minimum absolute atomic E-state index is 0.118. The Morgan fingerprint density at radius 2 is 2.00 bits per heavy atom. The number of aromatic nitrogens is 1. The zero-order chi connectivity index (χ0) is 15.6. The number of amides is 1. The third-order valence-corrected chi connectivity index (χ3v) is 2.88. The standard InChI is InChI=1S/C12H6BrF2N3O3/c13-10-2-1-3-11(16-10)17-12(19)6-4-8(15)9(18(20)21)5-7(6)14/h1-5H,(H,16,17,19). The van der Waals surface area contributed by atoms with E-state index in [1.807, 2.05) is 0 Å². The summed E-state index contributed by atoms with van der Waals surface area (Å²) in [5.74, 6) is -3.34. The molecule has 0 atom stereocenters. The Bertz CT molecular complexity index is 740. The predicted octanol–water partition coefficient (Wildman–Crippen LogP) is 3.28. The SMILES string of the molecule is O=C(Nc1cccc(Br)n1)c1cc(F)c([N+](=O)[O-])cc1F. The molecule has 0 aliphatic carbocycles. The molecule has 0 saturated heterocycles. The molecule has 21 heavy (non-hydrogen) atoms. The van der Waals surface area contributed by atoms with Crippen molar-refractivity contribution in [2.45, 2.75) is 0 Å². The summed E-state index contributed by atoms with van der Waals surface area (Å²) in [4.78, 5) is 25.1. The summed E-state index contributed by atoms with van der Waals surface area (Å²) < 4.78 is 27.5. The van der Waals surface area contributed by atoms with E-state index < -0.39 is 33.7 Å². The number of benzene rings is 1. The molecule has 9 heteroatoms. The molecule has 0 saturated carbocycles. The van der Waals surface area contributed by atoms with Gasteiger partial charge in [-0.2, -0.15) is 4.39 Å². The highest BCUT2D eigenvalue weighted by atomic mass is 79.9. The summed E-state index contributed by atoms with van der Waals surface area (Å²) in [5, 5.41) is 12.7. The molecular formula is C12H6BrF2N3O3. The fourth-order valence-corrected chi connectivity index (χ4v) is 1.86. The van der Waals surface area contributed by atoms with Crippen LogP contribution >= 0.6 is 15.9 Å². The van der Waals surface area contributed by atoms with Crippen LogP contribution in [0.4, 0.5) is 20.3 Å². The topological polar surface area (TPSA) is 85.1 Å². The van der Waals surface area contributed by atoms with E-state index in [1.165, 1.54) is 6.07 Å². The molecule has 0 aliphatic heterocycles. The summed E-state index contributed by atoms with van der Waals surface area (Å²) >= 11 is 3.09. The lowest BCUT2D eigenvalue weighted by Crippen LogP contribution is -2.15. The summed E-state index contributed by atoms with van der Waals surface area (Å²) in [6, 6.07) is 5.48. The van der Waals surface area contributed by atoms with Crippen molar-refractivity contribution < 1.29 is 18.5 Å². The molecule has 0 unspecified atom stereocenters. The maximum Gasteiger partial charge on any atom is 0.307 e. The highest BCUT2D eigenvalue weighted by Gasteiger charge is 2.22. The van der Waals surface area contributed by atoms with Crippen molar-refractivity contribution in [3.63, 3.8) is 0 Å². The Morgan fingerprint density at radius 1 is 1.29 bits per heavy atom. The van der Waals surface area contributed by atoms with E-state index in [4.69, 9.17) is 0 Å². The van der Waals surface area contributed by atoms with Crippen molar-refractivity contribution in [3.8, 4) is 0 Å². The maximum atomic E-state index is 13.7. The number of hydrogen-bond donors (Lipinski definition) is 1. The molecule has 1 aromatic carbocycles. The van der Waals surface area contributed by atoms with E-state index in [2.05, 4.69) is 26.2 Å². The second-order valence-corrected chi connectivity index (χ2v) is 4.65. The van der Waals surface area contributed by atoms with E-state index in [1.54, 1.807) is 12.1 Å². The van der Waals surface area contributed by atoms with E-state index in [0.717, 1.165) is 0 Å². The van der Waals surface area contributed by atoms with Gasteiger partial charge in [0.25, 0.3) is 5.91 Å². The van der Waals surface area contributed by atoms with Gasteiger partial charge in [0, 0.05) is 0 Å². The highest BCUT2D eigenvalue weighted by Crippen LogP contribution is 2.22. The van der Waals surface area contributed by atoms with Crippen molar-refractivity contribution in [2.75, 3.05) is 5.32 Å². The largest absolute Gasteiger partial charge is 0.307 e. The number of halogens is 3. The number of nitrogens with zero attached hydrogens (tertiary/aromatic N) is 2. The summed E-state index contributed by atoms with van der Waals surface area (Å²) in [6.45, 7) is 0. The predicted molar refractivity (Wildman–Crippen MR) is 72.9 cm³/mol. The van der Waals surface area contributed by atoms with Gasteiger partial charge >= 0.3 is 5.69 Å². The average molecular weight is 358 g/mol. The summed E-state index contributed by atoms with van der Waals surface area (Å²) in [6.07, 6.45) is 0. The van der Waals surface area contributed by atoms with Crippen LogP contribution in [0.1, 0.15) is 10.4 Å². The van der Waals surface area contributed by atoms with E-state index >= 15 is 0 Å². The van der Waals surface area contributed by atoms with Crippen LogP contribution in [-0.2, 0) is 0 Å². The van der Waals surface area contributed by atoms with E-state index in [0.29, 0.717) is 16.7 Å². The van der Waals surface area contributed by atoms with Gasteiger partial charge < -0.3 is 5.32 Å². The lowest BCUT2D eigenvalue weighted by Gasteiger charge is -2.06. The highest BCUT2D eigenvalue weighted by molar-refractivity contribution is 9.10. The molecule has 108 valence electrons. The first-order valence-electron chi connectivity index (χ1n) is 5.46. The Balaban J connectivity index is 2.31. The van der Waals surface area contributed by atoms with Crippen LogP contribution in [-0.4, -0.2) is 15.8 Å². The molecule has 0 fully saturated rings. The van der Waals surface area contributed by atoms with Gasteiger partial charge in [-0.1, -0.05) is 6.07 Å². The first-order chi connectivity index (χ1) is 9.88. The number of anilines is 1. The number of nitrogens with one attached hydrogen (secondary N) is 1. The van der Waals surface area contributed by atoms with Crippen molar-refractivity contribution in [1.82, 2.24) is 4.98 Å². The monoisotopic (exact) mass is 357 g/mol. The first-order valence-corrected chi connectivity index (χ1v) is 6.25. The zero-order valence-corrected chi connectivity index (χ0v) is 11.7. The van der Waals surface area contributed by atoms with Crippen molar-refractivity contribution in [1.29, 1.82) is 0 Å². The number of carbonyl (C=O) groups excluding carboxylic acids is 1. The molecule has 0 spiro atoms. The Morgan fingerprint density at radius 3 is 2.62 bits per heavy atom. The van der Waals surface area contributed by atoms with Crippen LogP contribution < -0.4 is 5.32 Å². The van der Waals surface area contributed by atoms with Crippen LogP contribution in [0.2, 0.25) is 0 Å². The van der Waals surface area contributed by atoms with Gasteiger partial charge in [-0.25, -0.2) is 9.37 Å². The zero-order valence-electron chi connectivity index (χ0n) is 10.1. The average Bonchev–Trinajstić information content (AvgIpc) is 2.40. The second-order valence-electron chi connectivity index (χ2n) is 3.84. The molecule has 0 aliphatic rings. The molecule has 2 aromatic rings. The van der Waals surface area contributed by atoms with Crippen LogP contribution in [0, 0.1) is 21.7 Å². The lowest BCUT2D eigenvalue weighted by atomic mass is 10.1. The fraction of sp³-hybridized carbons (Fsp3) is 0. The molecule has 0 radical (unpaired) electrons. The van der Waals surface area contributed by atoms with Crippen molar-refractivity contribution >= 4 is 33.3 Å². The Labute approximate surface area is 125 Å². The number of rotatable bonds is 3. The fourth-order valence-electron chi connectivity index (χ4n) is 1.51. The van der Waals surface area contributed by atoms with Gasteiger partial charge in [0.05, 0.1) is 16.6 Å². The molecule has 1 N–H and O–H groups in total. The normalized spacial score (nSPS) is 10.2. The van der Waals surface area contributed by atoms with Gasteiger partial charge in [0.15, 0.2) is 0 Å². The van der Waals surface area contributed by atoms with Crippen LogP contribution in [0.3, 0.4) is 0 Å². The number of carbonyl (C=O) groups is 1. The molecule has 1 aromatic heterocycles. The summed E-state index contributed by atoms with van der Waals surface area (Å²) in [7, 11) is 0. The third kappa shape index (κ3) is 3.37. The van der Waals surface area contributed by atoms with Gasteiger partial charge in [0.2, 0.25) is 5.82 Å². The number of nitro groups is 1. The smallest absolute Gasteiger partial charge is 0.306 e. The number of nitro benzene ring substituents is 1. The number of pyridine rings is 1. The molecule has 6 nitrogen and oxygen atoms in total. The van der Waals surface area contributed by atoms with Crippen LogP contribution in [0.25, 0.3) is 0 Å². The van der Waals surface area contributed by atoms with Crippen molar-refractivity contribution in [2.24, 2.45) is 0 Å². The van der Waals surface area contributed by atoms with Crippen LogP contribution in [0.15, 0.2) is 34.9 Å². The third-order valence-electron chi connectivity index (χ3n) is 2.43. The minimum atomic E-state index is -1.30. The Kier molecular flexibility index (Phi) is 4.22. The number of hydrogen-bond acceptors (Lipinski definition) is 4. The van der Waals surface area contributed by atoms with Gasteiger partial charge in [-0.15, -0.1) is 0 Å². The van der Waals surface area contributed by atoms with E-state index in [9.17, 15) is 23.7 Å². The molecule has 1 heterocycles. The minimum Gasteiger partial charge on any atom is -0.306 e.